The van der Waals surface area contributed by atoms with Gasteiger partial charge in [0.05, 0.1) is 0 Å². The SMILES string of the molecule is CCCCCCCCC(=O)C(F)(F)Br. The van der Waals surface area contributed by atoms with Gasteiger partial charge in [-0.3, -0.25) is 4.79 Å². The van der Waals surface area contributed by atoms with Crippen molar-refractivity contribution in [2.45, 2.75) is 56.7 Å². The van der Waals surface area contributed by atoms with Crippen molar-refractivity contribution in [2.24, 2.45) is 0 Å². The van der Waals surface area contributed by atoms with Gasteiger partial charge in [0.15, 0.2) is 0 Å². The lowest BCUT2D eigenvalue weighted by molar-refractivity contribution is -0.132. The van der Waals surface area contributed by atoms with Crippen LogP contribution in [0.3, 0.4) is 0 Å². The van der Waals surface area contributed by atoms with Crippen LogP contribution in [0, 0.1) is 0 Å². The predicted molar refractivity (Wildman–Crippen MR) is 56.9 cm³/mol. The first kappa shape index (κ1) is 14.0. The van der Waals surface area contributed by atoms with E-state index in [1.54, 1.807) is 0 Å². The molecule has 0 aromatic rings. The minimum Gasteiger partial charge on any atom is -0.292 e. The van der Waals surface area contributed by atoms with Gasteiger partial charge in [-0.1, -0.05) is 39.0 Å². The molecule has 0 saturated heterocycles. The zero-order valence-electron chi connectivity index (χ0n) is 8.49. The van der Waals surface area contributed by atoms with Crippen molar-refractivity contribution in [1.82, 2.24) is 0 Å². The molecule has 0 N–H and O–H groups in total. The Kier molecular flexibility index (Phi) is 7.33. The van der Waals surface area contributed by atoms with Crippen LogP contribution in [-0.4, -0.2) is 10.6 Å². The highest BCUT2D eigenvalue weighted by atomic mass is 79.9. The standard InChI is InChI=1S/C10H17BrF2O/c1-2-3-4-5-6-7-8-9(14)10(11,12)13/h2-8H2,1H3. The lowest BCUT2D eigenvalue weighted by Crippen LogP contribution is -2.20. The summed E-state index contributed by atoms with van der Waals surface area (Å²) in [6, 6.07) is 0. The van der Waals surface area contributed by atoms with E-state index in [2.05, 4.69) is 22.9 Å². The van der Waals surface area contributed by atoms with E-state index < -0.39 is 10.6 Å². The number of hydrogen-bond donors (Lipinski definition) is 0. The van der Waals surface area contributed by atoms with Gasteiger partial charge in [0, 0.05) is 6.42 Å². The first-order chi connectivity index (χ1) is 6.48. The molecule has 0 aromatic heterocycles. The van der Waals surface area contributed by atoms with E-state index in [0.717, 1.165) is 19.3 Å². The van der Waals surface area contributed by atoms with E-state index in [0.29, 0.717) is 6.42 Å². The number of carbonyl (C=O) groups excluding carboxylic acids is 1. The minimum atomic E-state index is -3.32. The van der Waals surface area contributed by atoms with Crippen LogP contribution in [0.4, 0.5) is 8.78 Å². The van der Waals surface area contributed by atoms with Crippen LogP contribution in [0.15, 0.2) is 0 Å². The number of unbranched alkanes of at least 4 members (excludes halogenated alkanes) is 5. The van der Waals surface area contributed by atoms with Crippen LogP contribution in [0.2, 0.25) is 0 Å². The molecule has 0 amide bonds. The van der Waals surface area contributed by atoms with E-state index in [1.807, 2.05) is 0 Å². The second kappa shape index (κ2) is 7.32. The van der Waals surface area contributed by atoms with Gasteiger partial charge in [-0.15, -0.1) is 0 Å². The fourth-order valence-corrected chi connectivity index (χ4v) is 1.41. The van der Waals surface area contributed by atoms with Crippen molar-refractivity contribution < 1.29 is 13.6 Å². The highest BCUT2D eigenvalue weighted by Crippen LogP contribution is 2.25. The third-order valence-electron chi connectivity index (χ3n) is 2.07. The van der Waals surface area contributed by atoms with Crippen LogP contribution in [0.5, 0.6) is 0 Å². The molecule has 0 atom stereocenters. The van der Waals surface area contributed by atoms with E-state index in [-0.39, 0.29) is 6.42 Å². The maximum absolute atomic E-state index is 12.3. The number of Topliss-reactive ketones (excluding diaryl/α,β-unsaturated/α-hetero) is 1. The summed E-state index contributed by atoms with van der Waals surface area (Å²) in [6.07, 6.45) is 5.94. The lowest BCUT2D eigenvalue weighted by Gasteiger charge is -2.06. The smallest absolute Gasteiger partial charge is 0.292 e. The van der Waals surface area contributed by atoms with Gasteiger partial charge in [0.1, 0.15) is 0 Å². The number of halogens is 3. The van der Waals surface area contributed by atoms with Crippen LogP contribution < -0.4 is 0 Å². The molecule has 0 unspecified atom stereocenters. The summed E-state index contributed by atoms with van der Waals surface area (Å²) >= 11 is 2.06. The summed E-state index contributed by atoms with van der Waals surface area (Å²) in [4.78, 5) is 7.43. The fourth-order valence-electron chi connectivity index (χ4n) is 1.21. The third kappa shape index (κ3) is 7.42. The number of hydrogen-bond acceptors (Lipinski definition) is 1. The Labute approximate surface area is 92.4 Å². The zero-order chi connectivity index (χ0) is 11.0. The van der Waals surface area contributed by atoms with Crippen molar-refractivity contribution in [3.63, 3.8) is 0 Å². The van der Waals surface area contributed by atoms with Crippen molar-refractivity contribution in [1.29, 1.82) is 0 Å². The Balaban J connectivity index is 3.33. The Morgan fingerprint density at radius 3 is 2.14 bits per heavy atom. The van der Waals surface area contributed by atoms with E-state index in [4.69, 9.17) is 0 Å². The molecule has 0 aliphatic heterocycles. The normalized spacial score (nSPS) is 11.7. The Morgan fingerprint density at radius 2 is 1.64 bits per heavy atom. The average Bonchev–Trinajstić information content (AvgIpc) is 2.09. The molecule has 0 saturated carbocycles. The molecular formula is C10H17BrF2O. The molecule has 0 heterocycles. The largest absolute Gasteiger partial charge is 0.358 e. The fraction of sp³-hybridized carbons (Fsp3) is 0.900. The Morgan fingerprint density at radius 1 is 1.14 bits per heavy atom. The number of alkyl halides is 3. The highest BCUT2D eigenvalue weighted by molar-refractivity contribution is 9.10. The van der Waals surface area contributed by atoms with Crippen LogP contribution in [0.1, 0.15) is 51.9 Å². The van der Waals surface area contributed by atoms with Crippen LogP contribution >= 0.6 is 15.9 Å². The molecule has 0 spiro atoms. The van der Waals surface area contributed by atoms with E-state index >= 15 is 0 Å². The molecule has 14 heavy (non-hydrogen) atoms. The predicted octanol–water partition coefficient (Wildman–Crippen LogP) is 4.29. The van der Waals surface area contributed by atoms with Crippen LogP contribution in [-0.2, 0) is 4.79 Å². The van der Waals surface area contributed by atoms with Gasteiger partial charge in [0.25, 0.3) is 0 Å². The maximum atomic E-state index is 12.3. The first-order valence-electron chi connectivity index (χ1n) is 5.08. The summed E-state index contributed by atoms with van der Waals surface area (Å²) in [5.74, 6) is -1.01. The van der Waals surface area contributed by atoms with Gasteiger partial charge in [-0.2, -0.15) is 8.78 Å². The van der Waals surface area contributed by atoms with Gasteiger partial charge >= 0.3 is 4.83 Å². The lowest BCUT2D eigenvalue weighted by atomic mass is 10.1. The Hall–Kier alpha value is 0.01000. The molecule has 0 aliphatic carbocycles. The molecule has 0 fully saturated rings. The van der Waals surface area contributed by atoms with Gasteiger partial charge in [-0.25, -0.2) is 0 Å². The molecule has 0 bridgehead atoms. The maximum Gasteiger partial charge on any atom is 0.358 e. The number of rotatable bonds is 8. The van der Waals surface area contributed by atoms with Crippen molar-refractivity contribution in [2.75, 3.05) is 0 Å². The quantitative estimate of drug-likeness (QED) is 0.475. The third-order valence-corrected chi connectivity index (χ3v) is 2.52. The summed E-state index contributed by atoms with van der Waals surface area (Å²) < 4.78 is 24.6. The van der Waals surface area contributed by atoms with Crippen molar-refractivity contribution >= 4 is 21.7 Å². The summed E-state index contributed by atoms with van der Waals surface area (Å²) in [7, 11) is 0. The van der Waals surface area contributed by atoms with Gasteiger partial charge in [-0.05, 0) is 22.4 Å². The number of carbonyl (C=O) groups is 1. The molecule has 0 aliphatic rings. The van der Waals surface area contributed by atoms with E-state index in [9.17, 15) is 13.6 Å². The average molecular weight is 271 g/mol. The molecule has 0 rings (SSSR count). The molecule has 1 nitrogen and oxygen atoms in total. The topological polar surface area (TPSA) is 17.1 Å². The van der Waals surface area contributed by atoms with Crippen LogP contribution in [0.25, 0.3) is 0 Å². The Bertz CT molecular complexity index is 166. The monoisotopic (exact) mass is 270 g/mol. The second-order valence-electron chi connectivity index (χ2n) is 3.44. The van der Waals surface area contributed by atoms with Gasteiger partial charge in [0.2, 0.25) is 5.78 Å². The molecular weight excluding hydrogens is 254 g/mol. The van der Waals surface area contributed by atoms with Gasteiger partial charge < -0.3 is 0 Å². The molecule has 4 heteroatoms. The highest BCUT2D eigenvalue weighted by Gasteiger charge is 2.33. The van der Waals surface area contributed by atoms with E-state index in [1.165, 1.54) is 12.8 Å². The molecule has 0 aromatic carbocycles. The number of ketones is 1. The minimum absolute atomic E-state index is 0.0234. The first-order valence-corrected chi connectivity index (χ1v) is 5.87. The second-order valence-corrected chi connectivity index (χ2v) is 4.43. The summed E-state index contributed by atoms with van der Waals surface area (Å²) in [5.41, 5.74) is 0. The summed E-state index contributed by atoms with van der Waals surface area (Å²) in [6.45, 7) is 2.12. The molecule has 84 valence electrons. The van der Waals surface area contributed by atoms with Crippen molar-refractivity contribution in [3.8, 4) is 0 Å². The zero-order valence-corrected chi connectivity index (χ0v) is 10.1. The molecule has 0 radical (unpaired) electrons. The van der Waals surface area contributed by atoms with Crippen molar-refractivity contribution in [3.05, 3.63) is 0 Å². The summed E-state index contributed by atoms with van der Waals surface area (Å²) in [5, 5.41) is 0.